The minimum Gasteiger partial charge on any atom is -0.311 e. The maximum atomic E-state index is 2.53. The zero-order valence-electron chi connectivity index (χ0n) is 21.3. The van der Waals surface area contributed by atoms with Gasteiger partial charge in [-0.15, -0.1) is 0 Å². The molecule has 0 bridgehead atoms. The average molecular weight is 494 g/mol. The van der Waals surface area contributed by atoms with Gasteiger partial charge in [0, 0.05) is 39.0 Å². The lowest BCUT2D eigenvalue weighted by Crippen LogP contribution is -2.60. The van der Waals surface area contributed by atoms with E-state index in [0.717, 1.165) is 0 Å². The van der Waals surface area contributed by atoms with Crippen molar-refractivity contribution in [1.29, 1.82) is 0 Å². The van der Waals surface area contributed by atoms with E-state index < -0.39 is 0 Å². The van der Waals surface area contributed by atoms with Gasteiger partial charge in [0.2, 0.25) is 0 Å². The Labute approximate surface area is 227 Å². The number of nitrogens with zero attached hydrogens (tertiary/aromatic N) is 2. The van der Waals surface area contributed by atoms with Gasteiger partial charge in [-0.25, -0.2) is 0 Å². The summed E-state index contributed by atoms with van der Waals surface area (Å²) in [6.07, 6.45) is 0. The molecule has 180 valence electrons. The van der Waals surface area contributed by atoms with Crippen LogP contribution in [0.5, 0.6) is 0 Å². The van der Waals surface area contributed by atoms with Gasteiger partial charge in [-0.05, 0) is 63.9 Å². The molecular formula is C36H23BN2. The number of hydrogen-bond acceptors (Lipinski definition) is 1. The minimum absolute atomic E-state index is 0.163. The number of hydrogen-bond donors (Lipinski definition) is 0. The lowest BCUT2D eigenvalue weighted by atomic mass is 9.33. The Morgan fingerprint density at radius 3 is 2.00 bits per heavy atom. The third-order valence-corrected chi connectivity index (χ3v) is 8.55. The van der Waals surface area contributed by atoms with Crippen LogP contribution in [0.15, 0.2) is 140 Å². The fourth-order valence-corrected chi connectivity index (χ4v) is 7.01. The fourth-order valence-electron chi connectivity index (χ4n) is 7.01. The number of para-hydroxylation sites is 4. The predicted molar refractivity (Wildman–Crippen MR) is 166 cm³/mol. The first-order valence-electron chi connectivity index (χ1n) is 13.6. The van der Waals surface area contributed by atoms with E-state index in [9.17, 15) is 0 Å². The summed E-state index contributed by atoms with van der Waals surface area (Å²) >= 11 is 0. The Morgan fingerprint density at radius 2 is 1.13 bits per heavy atom. The van der Waals surface area contributed by atoms with Crippen LogP contribution in [0.2, 0.25) is 0 Å². The van der Waals surface area contributed by atoms with Crippen LogP contribution in [-0.4, -0.2) is 11.3 Å². The lowest BCUT2D eigenvalue weighted by Gasteiger charge is -2.40. The highest BCUT2D eigenvalue weighted by atomic mass is 15.2. The molecular weight excluding hydrogens is 471 g/mol. The number of anilines is 3. The smallest absolute Gasteiger partial charge is 0.252 e. The van der Waals surface area contributed by atoms with Crippen LogP contribution in [0, 0.1) is 0 Å². The summed E-state index contributed by atoms with van der Waals surface area (Å²) in [4.78, 5) is 2.47. The topological polar surface area (TPSA) is 8.17 Å². The standard InChI is InChI=1S/C36H23BN2/c1-3-12-24(13-4-1)25-22-33-35-34(23-25)39-31-20-9-7-16-27(31)28-17-11-19-30(36(28)39)37(35)29-18-8-10-21-32(29)38(33)26-14-5-2-6-15-26/h1-23H. The zero-order valence-corrected chi connectivity index (χ0v) is 21.3. The van der Waals surface area contributed by atoms with Gasteiger partial charge in [0.15, 0.2) is 0 Å². The van der Waals surface area contributed by atoms with E-state index in [2.05, 4.69) is 149 Å². The Kier molecular flexibility index (Phi) is 4.17. The second-order valence-electron chi connectivity index (χ2n) is 10.6. The van der Waals surface area contributed by atoms with Crippen molar-refractivity contribution in [2.24, 2.45) is 0 Å². The molecule has 2 aliphatic heterocycles. The van der Waals surface area contributed by atoms with Crippen molar-refractivity contribution in [1.82, 2.24) is 4.57 Å². The second kappa shape index (κ2) is 7.75. The van der Waals surface area contributed by atoms with E-state index in [1.165, 1.54) is 72.1 Å². The van der Waals surface area contributed by atoms with Crippen molar-refractivity contribution >= 4 is 62.0 Å². The van der Waals surface area contributed by atoms with Crippen LogP contribution in [0.1, 0.15) is 0 Å². The monoisotopic (exact) mass is 494 g/mol. The van der Waals surface area contributed by atoms with Crippen LogP contribution in [0.3, 0.4) is 0 Å². The Morgan fingerprint density at radius 1 is 0.462 bits per heavy atom. The maximum absolute atomic E-state index is 2.53. The summed E-state index contributed by atoms with van der Waals surface area (Å²) in [5.41, 5.74) is 14.1. The van der Waals surface area contributed by atoms with Crippen LogP contribution in [0.4, 0.5) is 17.1 Å². The molecule has 0 radical (unpaired) electrons. The summed E-state index contributed by atoms with van der Waals surface area (Å²) in [7, 11) is 0. The molecule has 2 aliphatic rings. The molecule has 0 atom stereocenters. The highest BCUT2D eigenvalue weighted by Gasteiger charge is 2.42. The van der Waals surface area contributed by atoms with Gasteiger partial charge in [-0.1, -0.05) is 103 Å². The number of aromatic nitrogens is 1. The van der Waals surface area contributed by atoms with Gasteiger partial charge in [0.05, 0.1) is 5.52 Å². The van der Waals surface area contributed by atoms with Crippen molar-refractivity contribution in [2.75, 3.05) is 4.90 Å². The molecule has 1 aromatic heterocycles. The molecule has 0 aliphatic carbocycles. The van der Waals surface area contributed by atoms with Gasteiger partial charge in [-0.3, -0.25) is 0 Å². The van der Waals surface area contributed by atoms with Gasteiger partial charge in [0.25, 0.3) is 6.71 Å². The van der Waals surface area contributed by atoms with Crippen LogP contribution in [-0.2, 0) is 0 Å². The van der Waals surface area contributed by atoms with Crippen molar-refractivity contribution in [3.05, 3.63) is 140 Å². The summed E-state index contributed by atoms with van der Waals surface area (Å²) in [6.45, 7) is 0.163. The maximum Gasteiger partial charge on any atom is 0.252 e. The molecule has 0 amide bonds. The molecule has 0 spiro atoms. The fraction of sp³-hybridized carbons (Fsp3) is 0. The van der Waals surface area contributed by atoms with Crippen LogP contribution >= 0.6 is 0 Å². The SMILES string of the molecule is c1ccc(-c2cc3c4c(c2)-n2c5ccccc5c5cccc(c52)B4c2ccccc2N3c2ccccc2)cc1. The van der Waals surface area contributed by atoms with Crippen molar-refractivity contribution < 1.29 is 0 Å². The van der Waals surface area contributed by atoms with Crippen molar-refractivity contribution in [2.45, 2.75) is 0 Å². The third-order valence-electron chi connectivity index (χ3n) is 8.55. The zero-order chi connectivity index (χ0) is 25.5. The molecule has 0 fully saturated rings. The normalized spacial score (nSPS) is 13.0. The molecule has 0 saturated heterocycles. The summed E-state index contributed by atoms with van der Waals surface area (Å²) in [5, 5.41) is 2.63. The minimum atomic E-state index is 0.163. The van der Waals surface area contributed by atoms with Gasteiger partial charge >= 0.3 is 0 Å². The molecule has 3 heteroatoms. The Hall–Kier alpha value is -5.02. The third kappa shape index (κ3) is 2.77. The quantitative estimate of drug-likeness (QED) is 0.234. The molecule has 2 nitrogen and oxygen atoms in total. The van der Waals surface area contributed by atoms with Crippen molar-refractivity contribution in [3.63, 3.8) is 0 Å². The predicted octanol–water partition coefficient (Wildman–Crippen LogP) is 7.06. The summed E-state index contributed by atoms with van der Waals surface area (Å²) in [5.74, 6) is 0. The number of rotatable bonds is 2. The largest absolute Gasteiger partial charge is 0.311 e. The van der Waals surface area contributed by atoms with E-state index in [0.29, 0.717) is 0 Å². The van der Waals surface area contributed by atoms with E-state index in [1.807, 2.05) is 0 Å². The van der Waals surface area contributed by atoms with Gasteiger partial charge < -0.3 is 9.47 Å². The van der Waals surface area contributed by atoms with E-state index in [-0.39, 0.29) is 6.71 Å². The second-order valence-corrected chi connectivity index (χ2v) is 10.6. The average Bonchev–Trinajstić information content (AvgIpc) is 3.35. The Bertz CT molecular complexity index is 2080. The highest BCUT2D eigenvalue weighted by molar-refractivity contribution is 7.00. The van der Waals surface area contributed by atoms with Crippen molar-refractivity contribution in [3.8, 4) is 16.8 Å². The van der Waals surface area contributed by atoms with Gasteiger partial charge in [-0.2, -0.15) is 0 Å². The summed E-state index contributed by atoms with van der Waals surface area (Å²) in [6, 6.07) is 51.1. The molecule has 6 aromatic carbocycles. The first-order valence-corrected chi connectivity index (χ1v) is 13.6. The first kappa shape index (κ1) is 21.0. The van der Waals surface area contributed by atoms with E-state index in [1.54, 1.807) is 0 Å². The van der Waals surface area contributed by atoms with E-state index in [4.69, 9.17) is 0 Å². The number of benzene rings is 6. The molecule has 7 aromatic rings. The molecule has 9 rings (SSSR count). The Balaban J connectivity index is 1.50. The highest BCUT2D eigenvalue weighted by Crippen LogP contribution is 2.42. The molecule has 3 heterocycles. The van der Waals surface area contributed by atoms with Crippen LogP contribution < -0.4 is 21.3 Å². The molecule has 0 saturated carbocycles. The van der Waals surface area contributed by atoms with E-state index >= 15 is 0 Å². The first-order chi connectivity index (χ1) is 19.4. The van der Waals surface area contributed by atoms with Gasteiger partial charge in [0.1, 0.15) is 0 Å². The molecule has 0 N–H and O–H groups in total. The number of fused-ring (bicyclic) bond motifs is 7. The summed E-state index contributed by atoms with van der Waals surface area (Å²) < 4.78 is 2.53. The van der Waals surface area contributed by atoms with Crippen LogP contribution in [0.25, 0.3) is 38.6 Å². The molecule has 39 heavy (non-hydrogen) atoms. The lowest BCUT2D eigenvalue weighted by molar-refractivity contribution is 1.18. The molecule has 0 unspecified atom stereocenters.